The molecule has 0 bridgehead atoms. The molecule has 2 saturated heterocycles. The zero-order valence-electron chi connectivity index (χ0n) is 15.5. The van der Waals surface area contributed by atoms with Crippen molar-refractivity contribution in [3.8, 4) is 0 Å². The summed E-state index contributed by atoms with van der Waals surface area (Å²) in [5.41, 5.74) is 0.228. The van der Waals surface area contributed by atoms with Gasteiger partial charge in [-0.25, -0.2) is 0 Å². The average Bonchev–Trinajstić information content (AvgIpc) is 2.63. The quantitative estimate of drug-likeness (QED) is 0.742. The summed E-state index contributed by atoms with van der Waals surface area (Å²) in [4.78, 5) is 19.2. The molecule has 5 nitrogen and oxygen atoms in total. The first-order chi connectivity index (χ1) is 10.9. The molecule has 0 spiro atoms. The SMILES string of the molecule is CN(C[C@@H]1CCCCN(C)C1=O)CC(C)(C)CN1CCOCC1. The Balaban J connectivity index is 1.82. The maximum absolute atomic E-state index is 12.4. The third kappa shape index (κ3) is 6.05. The van der Waals surface area contributed by atoms with E-state index < -0.39 is 0 Å². The van der Waals surface area contributed by atoms with E-state index in [-0.39, 0.29) is 11.3 Å². The van der Waals surface area contributed by atoms with Crippen molar-refractivity contribution >= 4 is 5.91 Å². The predicted octanol–water partition coefficient (Wildman–Crippen LogP) is 1.54. The van der Waals surface area contributed by atoms with Gasteiger partial charge in [0.15, 0.2) is 0 Å². The second kappa shape index (κ2) is 8.45. The lowest BCUT2D eigenvalue weighted by molar-refractivity contribution is -0.134. The highest BCUT2D eigenvalue weighted by Gasteiger charge is 2.29. The highest BCUT2D eigenvalue weighted by atomic mass is 16.5. The summed E-state index contributed by atoms with van der Waals surface area (Å²) in [7, 11) is 4.11. The first kappa shape index (κ1) is 18.7. The van der Waals surface area contributed by atoms with Crippen molar-refractivity contribution in [2.24, 2.45) is 11.3 Å². The number of hydrogen-bond donors (Lipinski definition) is 0. The smallest absolute Gasteiger partial charge is 0.226 e. The number of morpholine rings is 1. The maximum Gasteiger partial charge on any atom is 0.226 e. The van der Waals surface area contributed by atoms with Crippen LogP contribution in [-0.2, 0) is 9.53 Å². The fraction of sp³-hybridized carbons (Fsp3) is 0.944. The van der Waals surface area contributed by atoms with E-state index in [4.69, 9.17) is 4.74 Å². The van der Waals surface area contributed by atoms with Gasteiger partial charge in [0, 0.05) is 46.3 Å². The number of hydrogen-bond acceptors (Lipinski definition) is 4. The van der Waals surface area contributed by atoms with Gasteiger partial charge in [-0.15, -0.1) is 0 Å². The summed E-state index contributed by atoms with van der Waals surface area (Å²) in [6, 6.07) is 0. The van der Waals surface area contributed by atoms with E-state index in [1.54, 1.807) is 0 Å². The van der Waals surface area contributed by atoms with Crippen molar-refractivity contribution in [2.75, 3.05) is 66.6 Å². The number of likely N-dealkylation sites (tertiary alicyclic amines) is 1. The van der Waals surface area contributed by atoms with E-state index in [0.717, 1.165) is 65.3 Å². The molecule has 23 heavy (non-hydrogen) atoms. The molecule has 1 amide bonds. The Hall–Kier alpha value is -0.650. The number of carbonyl (C=O) groups is 1. The Morgan fingerprint density at radius 3 is 2.61 bits per heavy atom. The van der Waals surface area contributed by atoms with E-state index >= 15 is 0 Å². The molecule has 0 aromatic carbocycles. The minimum atomic E-state index is 0.173. The van der Waals surface area contributed by atoms with Gasteiger partial charge in [0.2, 0.25) is 5.91 Å². The van der Waals surface area contributed by atoms with Crippen molar-refractivity contribution in [1.29, 1.82) is 0 Å². The van der Waals surface area contributed by atoms with Gasteiger partial charge in [-0.1, -0.05) is 20.3 Å². The third-order valence-electron chi connectivity index (χ3n) is 5.01. The molecule has 2 heterocycles. The minimum Gasteiger partial charge on any atom is -0.379 e. The number of ether oxygens (including phenoxy) is 1. The van der Waals surface area contributed by atoms with Crippen LogP contribution in [0.15, 0.2) is 0 Å². The molecule has 0 unspecified atom stereocenters. The second-order valence-electron chi connectivity index (χ2n) is 8.20. The topological polar surface area (TPSA) is 36.0 Å². The Bertz CT molecular complexity index is 380. The summed E-state index contributed by atoms with van der Waals surface area (Å²) < 4.78 is 5.44. The Labute approximate surface area is 141 Å². The molecular weight excluding hydrogens is 290 g/mol. The van der Waals surface area contributed by atoms with Crippen LogP contribution >= 0.6 is 0 Å². The van der Waals surface area contributed by atoms with Crippen molar-refractivity contribution in [2.45, 2.75) is 33.1 Å². The molecule has 5 heteroatoms. The van der Waals surface area contributed by atoms with Crippen LogP contribution < -0.4 is 0 Å². The summed E-state index contributed by atoms with van der Waals surface area (Å²) in [5.74, 6) is 0.507. The van der Waals surface area contributed by atoms with Gasteiger partial charge in [0.1, 0.15) is 0 Å². The molecule has 0 saturated carbocycles. The molecule has 2 fully saturated rings. The van der Waals surface area contributed by atoms with Crippen LogP contribution in [0.5, 0.6) is 0 Å². The average molecular weight is 325 g/mol. The summed E-state index contributed by atoms with van der Waals surface area (Å²) in [6.07, 6.45) is 3.36. The van der Waals surface area contributed by atoms with E-state index in [0.29, 0.717) is 5.91 Å². The van der Waals surface area contributed by atoms with Crippen molar-refractivity contribution < 1.29 is 9.53 Å². The highest BCUT2D eigenvalue weighted by Crippen LogP contribution is 2.22. The lowest BCUT2D eigenvalue weighted by Gasteiger charge is -2.37. The number of rotatable bonds is 6. The van der Waals surface area contributed by atoms with E-state index in [1.165, 1.54) is 6.42 Å². The monoisotopic (exact) mass is 325 g/mol. The van der Waals surface area contributed by atoms with Crippen LogP contribution in [0.25, 0.3) is 0 Å². The Morgan fingerprint density at radius 1 is 1.22 bits per heavy atom. The Morgan fingerprint density at radius 2 is 1.91 bits per heavy atom. The van der Waals surface area contributed by atoms with Crippen molar-refractivity contribution in [3.05, 3.63) is 0 Å². The molecule has 0 aliphatic carbocycles. The van der Waals surface area contributed by atoms with Crippen molar-refractivity contribution in [3.63, 3.8) is 0 Å². The van der Waals surface area contributed by atoms with Gasteiger partial charge in [0.25, 0.3) is 0 Å². The third-order valence-corrected chi connectivity index (χ3v) is 5.01. The van der Waals surface area contributed by atoms with Crippen LogP contribution in [0.2, 0.25) is 0 Å². The Kier molecular flexibility index (Phi) is 6.86. The zero-order chi connectivity index (χ0) is 16.9. The van der Waals surface area contributed by atoms with Gasteiger partial charge in [-0.05, 0) is 25.3 Å². The molecule has 1 atom stereocenters. The van der Waals surface area contributed by atoms with Gasteiger partial charge in [-0.3, -0.25) is 9.69 Å². The van der Waals surface area contributed by atoms with Crippen LogP contribution in [-0.4, -0.2) is 87.2 Å². The molecule has 0 N–H and O–H groups in total. The first-order valence-corrected chi connectivity index (χ1v) is 9.11. The molecule has 0 radical (unpaired) electrons. The second-order valence-corrected chi connectivity index (χ2v) is 8.20. The molecule has 2 rings (SSSR count). The van der Waals surface area contributed by atoms with Gasteiger partial charge in [0.05, 0.1) is 19.1 Å². The number of nitrogens with zero attached hydrogens (tertiary/aromatic N) is 3. The number of amides is 1. The fourth-order valence-electron chi connectivity index (χ4n) is 4.04. The minimum absolute atomic E-state index is 0.173. The molecule has 2 aliphatic heterocycles. The van der Waals surface area contributed by atoms with Gasteiger partial charge in [-0.2, -0.15) is 0 Å². The predicted molar refractivity (Wildman–Crippen MR) is 93.5 cm³/mol. The molecule has 2 aliphatic rings. The maximum atomic E-state index is 12.4. The lowest BCUT2D eigenvalue weighted by Crippen LogP contribution is -2.46. The summed E-state index contributed by atoms with van der Waals surface area (Å²) in [6.45, 7) is 12.4. The zero-order valence-corrected chi connectivity index (χ0v) is 15.5. The lowest BCUT2D eigenvalue weighted by atomic mass is 9.91. The largest absolute Gasteiger partial charge is 0.379 e. The normalized spacial score (nSPS) is 25.0. The van der Waals surface area contributed by atoms with Crippen molar-refractivity contribution in [1.82, 2.24) is 14.7 Å². The van der Waals surface area contributed by atoms with Crippen LogP contribution in [0.3, 0.4) is 0 Å². The van der Waals surface area contributed by atoms with Crippen LogP contribution in [0.1, 0.15) is 33.1 Å². The molecule has 134 valence electrons. The molecule has 0 aromatic rings. The van der Waals surface area contributed by atoms with Gasteiger partial charge >= 0.3 is 0 Å². The number of carbonyl (C=O) groups excluding carboxylic acids is 1. The van der Waals surface area contributed by atoms with E-state index in [9.17, 15) is 4.79 Å². The van der Waals surface area contributed by atoms with Crippen LogP contribution in [0.4, 0.5) is 0 Å². The summed E-state index contributed by atoms with van der Waals surface area (Å²) in [5, 5.41) is 0. The van der Waals surface area contributed by atoms with E-state index in [1.807, 2.05) is 11.9 Å². The highest BCUT2D eigenvalue weighted by molar-refractivity contribution is 5.79. The molecular formula is C18H35N3O2. The molecule has 0 aromatic heterocycles. The van der Waals surface area contributed by atoms with Crippen LogP contribution in [0, 0.1) is 11.3 Å². The first-order valence-electron chi connectivity index (χ1n) is 9.11. The standard InChI is InChI=1S/C18H35N3O2/c1-18(2,15-21-9-11-23-12-10-21)14-19(3)13-16-7-5-6-8-20(4)17(16)22/h16H,5-15H2,1-4H3/t16-/m0/s1. The fourth-order valence-corrected chi connectivity index (χ4v) is 4.04. The summed E-state index contributed by atoms with van der Waals surface area (Å²) >= 11 is 0. The van der Waals surface area contributed by atoms with Gasteiger partial charge < -0.3 is 14.5 Å². The van der Waals surface area contributed by atoms with E-state index in [2.05, 4.69) is 30.7 Å².